The van der Waals surface area contributed by atoms with Crippen LogP contribution in [0.3, 0.4) is 0 Å². The summed E-state index contributed by atoms with van der Waals surface area (Å²) in [5.74, 6) is 0.0391. The summed E-state index contributed by atoms with van der Waals surface area (Å²) in [4.78, 5) is 28.6. The predicted octanol–water partition coefficient (Wildman–Crippen LogP) is 2.87. The molecule has 0 saturated carbocycles. The molecule has 6 nitrogen and oxygen atoms in total. The Kier molecular flexibility index (Phi) is 6.28. The Hall–Kier alpha value is -2.08. The average Bonchev–Trinajstić information content (AvgIpc) is 3.03. The van der Waals surface area contributed by atoms with Gasteiger partial charge in [0.2, 0.25) is 5.91 Å². The van der Waals surface area contributed by atoms with E-state index in [0.29, 0.717) is 19.5 Å². The van der Waals surface area contributed by atoms with Crippen LogP contribution >= 0.6 is 0 Å². The SMILES string of the molecule is COc1ccccc1CN1CCC2(CC1)CN(C(=O)CC(C)C)CC2C(=O)O. The molecule has 1 unspecified atom stereocenters. The van der Waals surface area contributed by atoms with Crippen molar-refractivity contribution in [2.45, 2.75) is 39.7 Å². The molecule has 0 aliphatic carbocycles. The third kappa shape index (κ3) is 4.32. The number of carbonyl (C=O) groups excluding carboxylic acids is 1. The van der Waals surface area contributed by atoms with Crippen LogP contribution in [0.4, 0.5) is 0 Å². The van der Waals surface area contributed by atoms with Gasteiger partial charge in [-0.25, -0.2) is 0 Å². The third-order valence-electron chi connectivity index (χ3n) is 6.32. The van der Waals surface area contributed by atoms with E-state index in [4.69, 9.17) is 4.74 Å². The maximum atomic E-state index is 12.5. The quantitative estimate of drug-likeness (QED) is 0.811. The number of carboxylic acid groups (broad SMARTS) is 1. The van der Waals surface area contributed by atoms with E-state index in [1.807, 2.05) is 32.0 Å². The van der Waals surface area contributed by atoms with E-state index < -0.39 is 11.9 Å². The van der Waals surface area contributed by atoms with Crippen LogP contribution in [0.1, 0.15) is 38.7 Å². The predicted molar refractivity (Wildman–Crippen MR) is 107 cm³/mol. The van der Waals surface area contributed by atoms with Crippen LogP contribution in [-0.2, 0) is 16.1 Å². The minimum atomic E-state index is -0.766. The Morgan fingerprint density at radius 2 is 1.93 bits per heavy atom. The van der Waals surface area contributed by atoms with Crippen molar-refractivity contribution < 1.29 is 19.4 Å². The van der Waals surface area contributed by atoms with Crippen molar-refractivity contribution >= 4 is 11.9 Å². The van der Waals surface area contributed by atoms with Gasteiger partial charge in [-0.2, -0.15) is 0 Å². The van der Waals surface area contributed by atoms with Gasteiger partial charge in [0.05, 0.1) is 13.0 Å². The second kappa shape index (κ2) is 8.52. The fourth-order valence-electron chi connectivity index (χ4n) is 4.71. The summed E-state index contributed by atoms with van der Waals surface area (Å²) < 4.78 is 5.45. The molecule has 1 aromatic carbocycles. The summed E-state index contributed by atoms with van der Waals surface area (Å²) in [6, 6.07) is 8.02. The smallest absolute Gasteiger partial charge is 0.308 e. The van der Waals surface area contributed by atoms with E-state index >= 15 is 0 Å². The number of ether oxygens (including phenoxy) is 1. The number of benzene rings is 1. The number of methoxy groups -OCH3 is 1. The van der Waals surface area contributed by atoms with Crippen molar-refractivity contribution in [1.29, 1.82) is 0 Å². The van der Waals surface area contributed by atoms with E-state index in [1.165, 1.54) is 0 Å². The third-order valence-corrected chi connectivity index (χ3v) is 6.32. The highest BCUT2D eigenvalue weighted by Crippen LogP contribution is 2.45. The maximum Gasteiger partial charge on any atom is 0.308 e. The first-order valence-corrected chi connectivity index (χ1v) is 10.2. The van der Waals surface area contributed by atoms with E-state index in [2.05, 4.69) is 11.0 Å². The number of amides is 1. The molecule has 2 aliphatic rings. The first-order chi connectivity index (χ1) is 13.3. The zero-order valence-electron chi connectivity index (χ0n) is 17.2. The molecule has 1 N–H and O–H groups in total. The monoisotopic (exact) mass is 388 g/mol. The van der Waals surface area contributed by atoms with Gasteiger partial charge in [0.1, 0.15) is 5.75 Å². The molecular weight excluding hydrogens is 356 g/mol. The van der Waals surface area contributed by atoms with Gasteiger partial charge < -0.3 is 14.7 Å². The zero-order chi connectivity index (χ0) is 20.3. The van der Waals surface area contributed by atoms with E-state index in [1.54, 1.807) is 12.0 Å². The Labute approximate surface area is 167 Å². The molecule has 1 aromatic rings. The molecule has 28 heavy (non-hydrogen) atoms. The lowest BCUT2D eigenvalue weighted by Crippen LogP contribution is -2.46. The minimum Gasteiger partial charge on any atom is -0.496 e. The fraction of sp³-hybridized carbons (Fsp3) is 0.636. The molecule has 1 atom stereocenters. The van der Waals surface area contributed by atoms with Gasteiger partial charge in [-0.1, -0.05) is 32.0 Å². The van der Waals surface area contributed by atoms with E-state index in [-0.39, 0.29) is 17.2 Å². The van der Waals surface area contributed by atoms with Crippen LogP contribution in [0.15, 0.2) is 24.3 Å². The normalized spacial score (nSPS) is 22.0. The summed E-state index contributed by atoms with van der Waals surface area (Å²) in [6.45, 7) is 7.46. The molecule has 2 heterocycles. The van der Waals surface area contributed by atoms with Crippen LogP contribution in [0.25, 0.3) is 0 Å². The number of carbonyl (C=O) groups is 2. The molecule has 1 spiro atoms. The lowest BCUT2D eigenvalue weighted by atomic mass is 9.71. The van der Waals surface area contributed by atoms with Gasteiger partial charge in [-0.05, 0) is 37.9 Å². The first kappa shape index (κ1) is 20.6. The molecular formula is C22H32N2O4. The van der Waals surface area contributed by atoms with Gasteiger partial charge in [0.25, 0.3) is 0 Å². The number of piperidine rings is 1. The highest BCUT2D eigenvalue weighted by atomic mass is 16.5. The van der Waals surface area contributed by atoms with Gasteiger partial charge in [0, 0.05) is 37.0 Å². The number of rotatable bonds is 6. The van der Waals surface area contributed by atoms with Crippen molar-refractivity contribution in [1.82, 2.24) is 9.80 Å². The van der Waals surface area contributed by atoms with Gasteiger partial charge in [-0.15, -0.1) is 0 Å². The number of hydrogen-bond acceptors (Lipinski definition) is 4. The van der Waals surface area contributed by atoms with Gasteiger partial charge in [0.15, 0.2) is 0 Å². The topological polar surface area (TPSA) is 70.1 Å². The highest BCUT2D eigenvalue weighted by Gasteiger charge is 2.52. The average molecular weight is 389 g/mol. The second-order valence-corrected chi connectivity index (χ2v) is 8.71. The van der Waals surface area contributed by atoms with Gasteiger partial charge in [-0.3, -0.25) is 14.5 Å². The Balaban J connectivity index is 1.66. The molecule has 0 radical (unpaired) electrons. The number of aliphatic carboxylic acids is 1. The van der Waals surface area contributed by atoms with Crippen molar-refractivity contribution in [2.24, 2.45) is 17.3 Å². The molecule has 154 valence electrons. The number of likely N-dealkylation sites (tertiary alicyclic amines) is 2. The largest absolute Gasteiger partial charge is 0.496 e. The molecule has 2 saturated heterocycles. The molecule has 3 rings (SSSR count). The van der Waals surface area contributed by atoms with Crippen LogP contribution in [-0.4, -0.2) is 60.1 Å². The molecule has 2 fully saturated rings. The van der Waals surface area contributed by atoms with Crippen molar-refractivity contribution in [3.8, 4) is 5.75 Å². The Morgan fingerprint density at radius 1 is 1.25 bits per heavy atom. The highest BCUT2D eigenvalue weighted by molar-refractivity contribution is 5.79. The number of carboxylic acids is 1. The van der Waals surface area contributed by atoms with Crippen molar-refractivity contribution in [3.05, 3.63) is 29.8 Å². The fourth-order valence-corrected chi connectivity index (χ4v) is 4.71. The number of hydrogen-bond donors (Lipinski definition) is 1. The van der Waals surface area contributed by atoms with Crippen LogP contribution < -0.4 is 4.74 Å². The Morgan fingerprint density at radius 3 is 2.54 bits per heavy atom. The molecule has 6 heteroatoms. The molecule has 2 aliphatic heterocycles. The first-order valence-electron chi connectivity index (χ1n) is 10.2. The molecule has 0 bridgehead atoms. The molecule has 0 aromatic heterocycles. The summed E-state index contributed by atoms with van der Waals surface area (Å²) in [5, 5.41) is 9.81. The maximum absolute atomic E-state index is 12.5. The minimum absolute atomic E-state index is 0.0922. The zero-order valence-corrected chi connectivity index (χ0v) is 17.2. The summed E-state index contributed by atoms with van der Waals surface area (Å²) in [6.07, 6.45) is 2.11. The van der Waals surface area contributed by atoms with E-state index in [9.17, 15) is 14.7 Å². The number of nitrogens with zero attached hydrogens (tertiary/aromatic N) is 2. The van der Waals surface area contributed by atoms with Crippen LogP contribution in [0.5, 0.6) is 5.75 Å². The van der Waals surface area contributed by atoms with Crippen molar-refractivity contribution in [2.75, 3.05) is 33.3 Å². The van der Waals surface area contributed by atoms with E-state index in [0.717, 1.165) is 43.8 Å². The van der Waals surface area contributed by atoms with Gasteiger partial charge >= 0.3 is 5.97 Å². The Bertz CT molecular complexity index is 710. The van der Waals surface area contributed by atoms with Crippen LogP contribution in [0, 0.1) is 17.3 Å². The van der Waals surface area contributed by atoms with Crippen molar-refractivity contribution in [3.63, 3.8) is 0 Å². The summed E-state index contributed by atoms with van der Waals surface area (Å²) in [5.41, 5.74) is 0.853. The standard InChI is InChI=1S/C22H32N2O4/c1-16(2)12-20(25)24-14-18(21(26)27)22(15-24)8-10-23(11-9-22)13-17-6-4-5-7-19(17)28-3/h4-7,16,18H,8-15H2,1-3H3,(H,26,27). The lowest BCUT2D eigenvalue weighted by molar-refractivity contribution is -0.145. The number of para-hydroxylation sites is 1. The summed E-state index contributed by atoms with van der Waals surface area (Å²) >= 11 is 0. The molecule has 1 amide bonds. The van der Waals surface area contributed by atoms with Crippen LogP contribution in [0.2, 0.25) is 0 Å². The second-order valence-electron chi connectivity index (χ2n) is 8.71. The lowest BCUT2D eigenvalue weighted by Gasteiger charge is -2.41. The summed E-state index contributed by atoms with van der Waals surface area (Å²) in [7, 11) is 1.68.